The normalized spacial score (nSPS) is 14.7. The molecule has 0 spiro atoms. The minimum absolute atomic E-state index is 0.0647. The van der Waals surface area contributed by atoms with Crippen LogP contribution >= 0.6 is 0 Å². The van der Waals surface area contributed by atoms with E-state index in [9.17, 15) is 14.7 Å². The minimum atomic E-state index is -1.27. The molecule has 3 aromatic carbocycles. The van der Waals surface area contributed by atoms with Crippen molar-refractivity contribution in [2.24, 2.45) is 0 Å². The van der Waals surface area contributed by atoms with Gasteiger partial charge in [0.05, 0.1) is 57.9 Å². The average molecular weight is 562 g/mol. The maximum Gasteiger partial charge on any atom is 0.427 e. The molecular weight excluding hydrogens is 526 g/mol. The second-order valence-electron chi connectivity index (χ2n) is 10.5. The number of aliphatic hydroxyl groups excluding tert-OH is 1. The summed E-state index contributed by atoms with van der Waals surface area (Å²) < 4.78 is 8.28. The number of carbonyl (C=O) groups is 2. The molecule has 0 saturated carbocycles. The van der Waals surface area contributed by atoms with Crippen LogP contribution < -0.4 is 20.6 Å². The first-order chi connectivity index (χ1) is 19.6. The number of aromatic carboxylic acids is 1. The summed E-state index contributed by atoms with van der Waals surface area (Å²) in [6.07, 6.45) is -0.971. The second kappa shape index (κ2) is 12.8. The Labute approximate surface area is 238 Å². The van der Waals surface area contributed by atoms with Gasteiger partial charge in [-0.3, -0.25) is 9.88 Å². The Bertz CT molecular complexity index is 1510. The molecular formula is C30H35N5O6. The molecule has 216 valence electrons. The van der Waals surface area contributed by atoms with Crippen LogP contribution in [0.1, 0.15) is 34.6 Å². The molecule has 1 atom stereocenters. The molecule has 41 heavy (non-hydrogen) atoms. The lowest BCUT2D eigenvalue weighted by Crippen LogP contribution is -2.36. The van der Waals surface area contributed by atoms with E-state index in [0.717, 1.165) is 33.3 Å². The predicted molar refractivity (Wildman–Crippen MR) is 152 cm³/mol. The number of ether oxygens (including phenoxy) is 1. The lowest BCUT2D eigenvalue weighted by molar-refractivity contribution is -0.870. The highest BCUT2D eigenvalue weighted by molar-refractivity contribution is 6.00. The summed E-state index contributed by atoms with van der Waals surface area (Å²) in [5.74, 6) is -1.27. The number of carboxylic acid groups (broad SMARTS) is 1. The molecule has 1 saturated heterocycles. The van der Waals surface area contributed by atoms with Gasteiger partial charge in [-0.1, -0.05) is 60.7 Å². The molecule has 3 N–H and O–H groups in total. The van der Waals surface area contributed by atoms with Gasteiger partial charge in [0.25, 0.3) is 6.01 Å². The van der Waals surface area contributed by atoms with Crippen LogP contribution in [0, 0.1) is 0 Å². The van der Waals surface area contributed by atoms with Crippen LogP contribution in [0.3, 0.4) is 0 Å². The Morgan fingerprint density at radius 1 is 1.10 bits per heavy atom. The van der Waals surface area contributed by atoms with Gasteiger partial charge < -0.3 is 29.1 Å². The minimum Gasteiger partial charge on any atom is -0.545 e. The number of imidazole rings is 1. The first-order valence-corrected chi connectivity index (χ1v) is 13.3. The van der Waals surface area contributed by atoms with E-state index in [0.29, 0.717) is 30.2 Å². The van der Waals surface area contributed by atoms with E-state index in [1.807, 2.05) is 55.5 Å². The van der Waals surface area contributed by atoms with E-state index in [-0.39, 0.29) is 12.2 Å². The number of para-hydroxylation sites is 1. The van der Waals surface area contributed by atoms with Crippen molar-refractivity contribution in [2.75, 3.05) is 40.9 Å². The fourth-order valence-electron chi connectivity index (χ4n) is 4.43. The molecule has 1 aliphatic heterocycles. The molecule has 11 nitrogen and oxygen atoms in total. The quantitative estimate of drug-likeness (QED) is 0.265. The summed E-state index contributed by atoms with van der Waals surface area (Å²) in [4.78, 5) is 32.4. The highest BCUT2D eigenvalue weighted by Gasteiger charge is 2.25. The van der Waals surface area contributed by atoms with Gasteiger partial charge >= 0.3 is 6.09 Å². The van der Waals surface area contributed by atoms with Crippen molar-refractivity contribution >= 4 is 23.1 Å². The fraction of sp³-hybridized carbons (Fsp3) is 0.300. The highest BCUT2D eigenvalue weighted by Crippen LogP contribution is 2.30. The largest absolute Gasteiger partial charge is 0.545 e. The summed E-state index contributed by atoms with van der Waals surface area (Å²) in [7, 11) is 6.16. The third kappa shape index (κ3) is 7.20. The Morgan fingerprint density at radius 3 is 2.41 bits per heavy atom. The zero-order valence-corrected chi connectivity index (χ0v) is 23.6. The zero-order valence-electron chi connectivity index (χ0n) is 23.6. The summed E-state index contributed by atoms with van der Waals surface area (Å²) in [5, 5.41) is 22.8. The highest BCUT2D eigenvalue weighted by atomic mass is 16.7. The van der Waals surface area contributed by atoms with E-state index >= 15 is 0 Å². The number of aromatic nitrogens is 2. The van der Waals surface area contributed by atoms with Crippen LogP contribution in [-0.2, 0) is 11.4 Å². The van der Waals surface area contributed by atoms with Crippen LogP contribution in [-0.4, -0.2) is 72.1 Å². The molecule has 0 radical (unpaired) electrons. The van der Waals surface area contributed by atoms with E-state index in [4.69, 9.17) is 14.7 Å². The molecule has 0 bridgehead atoms. The third-order valence-corrected chi connectivity index (χ3v) is 6.40. The fourth-order valence-corrected chi connectivity index (χ4v) is 4.43. The topological polar surface area (TPSA) is 138 Å². The van der Waals surface area contributed by atoms with Crippen molar-refractivity contribution < 1.29 is 33.9 Å². The van der Waals surface area contributed by atoms with Crippen LogP contribution in [0.2, 0.25) is 0 Å². The van der Waals surface area contributed by atoms with E-state index < -0.39 is 18.2 Å². The number of nitrogens with one attached hydrogen (secondary N) is 2. The van der Waals surface area contributed by atoms with Gasteiger partial charge in [-0.05, 0) is 35.2 Å². The summed E-state index contributed by atoms with van der Waals surface area (Å²) >= 11 is 0. The molecule has 4 aromatic rings. The number of carbonyl (C=O) groups excluding carboxylic acids is 2. The number of hydroxylamine groups is 1. The smallest absolute Gasteiger partial charge is 0.427 e. The van der Waals surface area contributed by atoms with E-state index in [1.54, 1.807) is 16.7 Å². The van der Waals surface area contributed by atoms with Crippen molar-refractivity contribution in [3.63, 3.8) is 0 Å². The van der Waals surface area contributed by atoms with Crippen molar-refractivity contribution in [3.05, 3.63) is 83.4 Å². The molecule has 5 rings (SSSR count). The first kappa shape index (κ1) is 29.5. The van der Waals surface area contributed by atoms with Crippen molar-refractivity contribution in [1.82, 2.24) is 20.3 Å². The number of likely N-dealkylation sites (N-methyl/N-ethyl adjacent to an activating group) is 1. The Balaban J connectivity index is 0.000000493. The summed E-state index contributed by atoms with van der Waals surface area (Å²) in [6.45, 7) is 3.73. The molecule has 1 fully saturated rings. The predicted octanol–water partition coefficient (Wildman–Crippen LogP) is 2.44. The molecule has 1 aromatic heterocycles. The van der Waals surface area contributed by atoms with Gasteiger partial charge in [-0.25, -0.2) is 4.79 Å². The van der Waals surface area contributed by atoms with Crippen molar-refractivity contribution in [2.45, 2.75) is 19.6 Å². The van der Waals surface area contributed by atoms with Gasteiger partial charge in [-0.2, -0.15) is 4.98 Å². The molecule has 1 unspecified atom stereocenters. The van der Waals surface area contributed by atoms with Crippen LogP contribution in [0.5, 0.6) is 6.01 Å². The Morgan fingerprint density at radius 2 is 1.83 bits per heavy atom. The number of hydrogen-bond donors (Lipinski definition) is 3. The standard InChI is InChI=1S/C25H22N4O5.C5H14NO/c1-2-33-24-26-20-9-5-8-19(23(30)31)21(20)29(24)14-15-10-12-16(13-11-15)17-6-3-4-7-18(17)22-27-25(32)34-28-22;1-6(2,3)4-5-7/h3-13,22,28H,2,14H2,1H3,(H,27,32)(H,30,31);7H,4-5H2,1-3H3/q;+1/p-1. The number of aliphatic hydroxyl groups is 1. The maximum absolute atomic E-state index is 11.7. The second-order valence-corrected chi connectivity index (χ2v) is 10.5. The lowest BCUT2D eigenvalue weighted by Gasteiger charge is -2.21. The number of rotatable bonds is 9. The van der Waals surface area contributed by atoms with Gasteiger partial charge in [0.15, 0.2) is 0 Å². The summed E-state index contributed by atoms with van der Waals surface area (Å²) in [6, 6.07) is 20.8. The zero-order chi connectivity index (χ0) is 29.6. The molecule has 2 heterocycles. The Kier molecular flexibility index (Phi) is 9.23. The molecule has 1 amide bonds. The monoisotopic (exact) mass is 561 g/mol. The number of hydrogen-bond acceptors (Lipinski definition) is 8. The van der Waals surface area contributed by atoms with Gasteiger partial charge in [0, 0.05) is 5.56 Å². The molecule has 1 aliphatic rings. The van der Waals surface area contributed by atoms with E-state index in [2.05, 4.69) is 36.9 Å². The van der Waals surface area contributed by atoms with Crippen LogP contribution in [0.4, 0.5) is 4.79 Å². The number of quaternary nitrogens is 1. The first-order valence-electron chi connectivity index (χ1n) is 13.3. The van der Waals surface area contributed by atoms with Crippen molar-refractivity contribution in [1.29, 1.82) is 0 Å². The molecule has 11 heteroatoms. The van der Waals surface area contributed by atoms with Crippen molar-refractivity contribution in [3.8, 4) is 17.1 Å². The van der Waals surface area contributed by atoms with Crippen LogP contribution in [0.25, 0.3) is 22.2 Å². The van der Waals surface area contributed by atoms with Gasteiger partial charge in [0.1, 0.15) is 12.7 Å². The Hall–Kier alpha value is -4.45. The van der Waals surface area contributed by atoms with Gasteiger partial charge in [0.2, 0.25) is 0 Å². The summed E-state index contributed by atoms with van der Waals surface area (Å²) in [5.41, 5.74) is 7.45. The average Bonchev–Trinajstić information content (AvgIpc) is 3.52. The lowest BCUT2D eigenvalue weighted by atomic mass is 9.97. The van der Waals surface area contributed by atoms with Gasteiger partial charge in [-0.15, -0.1) is 5.48 Å². The van der Waals surface area contributed by atoms with Crippen LogP contribution in [0.15, 0.2) is 66.7 Å². The maximum atomic E-state index is 11.7. The number of fused-ring (bicyclic) bond motifs is 1. The van der Waals surface area contributed by atoms with E-state index in [1.165, 1.54) is 6.07 Å². The number of carboxylic acids is 1. The number of benzene rings is 3. The number of amides is 1. The third-order valence-electron chi connectivity index (χ3n) is 6.40. The molecule has 0 aliphatic carbocycles. The number of nitrogens with zero attached hydrogens (tertiary/aromatic N) is 3. The SMILES string of the molecule is CCOc1nc2cccc(C(=O)[O-])c2n1Cc1ccc(-c2ccccc2C2NOC(=O)N2)cc1.C[N+](C)(C)CCO.